The Bertz CT molecular complexity index is 620. The zero-order chi connectivity index (χ0) is 18.6. The molecule has 5 heteroatoms. The first-order chi connectivity index (χ1) is 11.7. The summed E-state index contributed by atoms with van der Waals surface area (Å²) < 4.78 is 5.80. The molecule has 25 heavy (non-hydrogen) atoms. The molecule has 0 spiro atoms. The van der Waals surface area contributed by atoms with Gasteiger partial charge in [0.15, 0.2) is 0 Å². The van der Waals surface area contributed by atoms with Crippen LogP contribution >= 0.6 is 0 Å². The van der Waals surface area contributed by atoms with Crippen molar-refractivity contribution in [3.63, 3.8) is 0 Å². The first-order valence-electron chi connectivity index (χ1n) is 8.99. The lowest BCUT2D eigenvalue weighted by molar-refractivity contribution is -0.136. The van der Waals surface area contributed by atoms with E-state index in [4.69, 9.17) is 4.74 Å². The average molecular weight is 346 g/mol. The molecule has 138 valence electrons. The number of hydrogen-bond donors (Lipinski definition) is 2. The summed E-state index contributed by atoms with van der Waals surface area (Å²) in [6, 6.07) is 7.58. The van der Waals surface area contributed by atoms with E-state index in [-0.39, 0.29) is 17.4 Å². The summed E-state index contributed by atoms with van der Waals surface area (Å²) in [6.07, 6.45) is 0.999. The van der Waals surface area contributed by atoms with Crippen molar-refractivity contribution in [1.29, 1.82) is 0 Å². The Morgan fingerprint density at radius 3 is 2.60 bits per heavy atom. The van der Waals surface area contributed by atoms with E-state index < -0.39 is 11.8 Å². The van der Waals surface area contributed by atoms with Crippen molar-refractivity contribution in [1.82, 2.24) is 5.32 Å². The van der Waals surface area contributed by atoms with Crippen LogP contribution in [0.2, 0.25) is 0 Å². The van der Waals surface area contributed by atoms with Gasteiger partial charge in [0.25, 0.3) is 0 Å². The molecular weight excluding hydrogens is 316 g/mol. The van der Waals surface area contributed by atoms with Crippen molar-refractivity contribution in [2.24, 2.45) is 11.3 Å². The standard InChI is InChI=1S/C20H30N2O3/c1-13(2)14-7-6-8-16(11-14)22-19(24)18(23)21-12-15-9-10-25-17(15)20(3,4)5/h6-8,11,13,15,17H,9-10,12H2,1-5H3,(H,21,23)(H,22,24)/t15-,17+/m0/s1. The Balaban J connectivity index is 1.88. The molecule has 2 amide bonds. The minimum atomic E-state index is -0.632. The van der Waals surface area contributed by atoms with Gasteiger partial charge in [-0.15, -0.1) is 0 Å². The van der Waals surface area contributed by atoms with Crippen molar-refractivity contribution in [3.8, 4) is 0 Å². The summed E-state index contributed by atoms with van der Waals surface area (Å²) in [7, 11) is 0. The molecule has 2 rings (SSSR count). The Hall–Kier alpha value is -1.88. The molecule has 0 aromatic heterocycles. The van der Waals surface area contributed by atoms with E-state index in [1.807, 2.05) is 18.2 Å². The Labute approximate surface area is 150 Å². The van der Waals surface area contributed by atoms with Crippen LogP contribution in [0.3, 0.4) is 0 Å². The topological polar surface area (TPSA) is 67.4 Å². The molecule has 0 aliphatic carbocycles. The third kappa shape index (κ3) is 5.30. The van der Waals surface area contributed by atoms with E-state index in [0.717, 1.165) is 12.0 Å². The lowest BCUT2D eigenvalue weighted by Gasteiger charge is -2.31. The van der Waals surface area contributed by atoms with E-state index >= 15 is 0 Å². The summed E-state index contributed by atoms with van der Waals surface area (Å²) in [6.45, 7) is 11.7. The zero-order valence-electron chi connectivity index (χ0n) is 15.9. The molecule has 2 atom stereocenters. The minimum absolute atomic E-state index is 0.0193. The van der Waals surface area contributed by atoms with Gasteiger partial charge in [0.05, 0.1) is 6.10 Å². The summed E-state index contributed by atoms with van der Waals surface area (Å²) in [5, 5.41) is 5.42. The van der Waals surface area contributed by atoms with Crippen LogP contribution in [-0.4, -0.2) is 31.1 Å². The van der Waals surface area contributed by atoms with Crippen LogP contribution < -0.4 is 10.6 Å². The Kier molecular flexibility index (Phi) is 6.22. The smallest absolute Gasteiger partial charge is 0.313 e. The highest BCUT2D eigenvalue weighted by molar-refractivity contribution is 6.39. The normalized spacial score (nSPS) is 20.6. The maximum Gasteiger partial charge on any atom is 0.313 e. The number of carbonyl (C=O) groups is 2. The zero-order valence-corrected chi connectivity index (χ0v) is 15.9. The van der Waals surface area contributed by atoms with Gasteiger partial charge in [-0.05, 0) is 35.4 Å². The van der Waals surface area contributed by atoms with Gasteiger partial charge in [-0.2, -0.15) is 0 Å². The van der Waals surface area contributed by atoms with E-state index in [9.17, 15) is 9.59 Å². The van der Waals surface area contributed by atoms with Crippen LogP contribution in [0.5, 0.6) is 0 Å². The maximum absolute atomic E-state index is 12.1. The number of benzene rings is 1. The number of amides is 2. The SMILES string of the molecule is CC(C)c1cccc(NC(=O)C(=O)NC[C@@H]2CCO[C@H]2C(C)(C)C)c1. The molecule has 1 aromatic rings. The third-order valence-corrected chi connectivity index (χ3v) is 4.61. The lowest BCUT2D eigenvalue weighted by atomic mass is 9.81. The number of nitrogens with one attached hydrogen (secondary N) is 2. The van der Waals surface area contributed by atoms with E-state index in [2.05, 4.69) is 45.3 Å². The van der Waals surface area contributed by atoms with Gasteiger partial charge < -0.3 is 15.4 Å². The van der Waals surface area contributed by atoms with Crippen molar-refractivity contribution in [2.75, 3.05) is 18.5 Å². The Morgan fingerprint density at radius 1 is 1.24 bits per heavy atom. The summed E-state index contributed by atoms with van der Waals surface area (Å²) in [5.74, 6) is -0.634. The molecule has 2 N–H and O–H groups in total. The molecule has 5 nitrogen and oxygen atoms in total. The number of hydrogen-bond acceptors (Lipinski definition) is 3. The largest absolute Gasteiger partial charge is 0.377 e. The van der Waals surface area contributed by atoms with Gasteiger partial charge in [0.2, 0.25) is 0 Å². The predicted octanol–water partition coefficient (Wildman–Crippen LogP) is 3.32. The van der Waals surface area contributed by atoms with Crippen LogP contribution in [0.15, 0.2) is 24.3 Å². The predicted molar refractivity (Wildman–Crippen MR) is 99.5 cm³/mol. The molecule has 0 unspecified atom stereocenters. The first-order valence-corrected chi connectivity index (χ1v) is 8.99. The highest BCUT2D eigenvalue weighted by Crippen LogP contribution is 2.34. The average Bonchev–Trinajstić information content (AvgIpc) is 3.01. The summed E-state index contributed by atoms with van der Waals surface area (Å²) >= 11 is 0. The molecule has 1 aliphatic heterocycles. The fourth-order valence-corrected chi connectivity index (χ4v) is 3.27. The van der Waals surface area contributed by atoms with Crippen LogP contribution in [-0.2, 0) is 14.3 Å². The van der Waals surface area contributed by atoms with Crippen molar-refractivity contribution in [2.45, 2.75) is 53.1 Å². The van der Waals surface area contributed by atoms with Crippen LogP contribution in [0.1, 0.15) is 52.5 Å². The van der Waals surface area contributed by atoms with Gasteiger partial charge >= 0.3 is 11.8 Å². The summed E-state index contributed by atoms with van der Waals surface area (Å²) in [4.78, 5) is 24.2. The molecule has 0 radical (unpaired) electrons. The molecule has 1 aromatic carbocycles. The van der Waals surface area contributed by atoms with Gasteiger partial charge in [0.1, 0.15) is 0 Å². The molecule has 0 bridgehead atoms. The molecule has 1 aliphatic rings. The highest BCUT2D eigenvalue weighted by Gasteiger charge is 2.37. The van der Waals surface area contributed by atoms with E-state index in [0.29, 0.717) is 24.8 Å². The molecule has 1 fully saturated rings. The number of anilines is 1. The monoisotopic (exact) mass is 346 g/mol. The van der Waals surface area contributed by atoms with Crippen molar-refractivity contribution < 1.29 is 14.3 Å². The van der Waals surface area contributed by atoms with Crippen molar-refractivity contribution in [3.05, 3.63) is 29.8 Å². The fourth-order valence-electron chi connectivity index (χ4n) is 3.27. The molecular formula is C20H30N2O3. The van der Waals surface area contributed by atoms with Gasteiger partial charge in [-0.3, -0.25) is 9.59 Å². The van der Waals surface area contributed by atoms with Gasteiger partial charge in [-0.25, -0.2) is 0 Å². The maximum atomic E-state index is 12.1. The lowest BCUT2D eigenvalue weighted by Crippen LogP contribution is -2.42. The third-order valence-electron chi connectivity index (χ3n) is 4.61. The van der Waals surface area contributed by atoms with Crippen molar-refractivity contribution >= 4 is 17.5 Å². The molecule has 0 saturated carbocycles. The van der Waals surface area contributed by atoms with Gasteiger partial charge in [-0.1, -0.05) is 46.8 Å². The van der Waals surface area contributed by atoms with E-state index in [1.54, 1.807) is 6.07 Å². The second-order valence-corrected chi connectivity index (χ2v) is 8.15. The number of carbonyl (C=O) groups excluding carboxylic acids is 2. The van der Waals surface area contributed by atoms with Crippen LogP contribution in [0, 0.1) is 11.3 Å². The Morgan fingerprint density at radius 2 is 1.96 bits per heavy atom. The summed E-state index contributed by atoms with van der Waals surface area (Å²) in [5.41, 5.74) is 1.78. The second-order valence-electron chi connectivity index (χ2n) is 8.15. The minimum Gasteiger partial charge on any atom is -0.377 e. The van der Waals surface area contributed by atoms with Gasteiger partial charge in [0, 0.05) is 24.8 Å². The molecule has 1 heterocycles. The number of rotatable bonds is 4. The van der Waals surface area contributed by atoms with E-state index in [1.165, 1.54) is 0 Å². The fraction of sp³-hybridized carbons (Fsp3) is 0.600. The second kappa shape index (κ2) is 8.00. The first kappa shape index (κ1) is 19.4. The quantitative estimate of drug-likeness (QED) is 0.822. The van der Waals surface area contributed by atoms with Crippen LogP contribution in [0.4, 0.5) is 5.69 Å². The highest BCUT2D eigenvalue weighted by atomic mass is 16.5. The number of ether oxygens (including phenoxy) is 1. The van der Waals surface area contributed by atoms with Crippen LogP contribution in [0.25, 0.3) is 0 Å². The molecule has 1 saturated heterocycles.